The summed E-state index contributed by atoms with van der Waals surface area (Å²) in [6, 6.07) is 4.94. The molecule has 0 unspecified atom stereocenters. The monoisotopic (exact) mass is 273 g/mol. The zero-order chi connectivity index (χ0) is 14.1. The van der Waals surface area contributed by atoms with Gasteiger partial charge in [0.05, 0.1) is 22.9 Å². The van der Waals surface area contributed by atoms with Crippen LogP contribution >= 0.6 is 0 Å². The lowest BCUT2D eigenvalue weighted by atomic mass is 10.2. The molecule has 1 aliphatic rings. The molecule has 20 heavy (non-hydrogen) atoms. The fraction of sp³-hybridized carbons (Fsp3) is 0.357. The topological polar surface area (TPSA) is 75.4 Å². The summed E-state index contributed by atoms with van der Waals surface area (Å²) in [4.78, 5) is 29.4. The lowest BCUT2D eigenvalue weighted by Crippen LogP contribution is -2.31. The van der Waals surface area contributed by atoms with Crippen molar-refractivity contribution in [3.05, 3.63) is 30.1 Å². The second-order valence-corrected chi connectivity index (χ2v) is 4.94. The SMILES string of the molecule is O=C(O)c1cccc2ncn(CC(=O)N3CCCC3)c12. The predicted octanol–water partition coefficient (Wildman–Crippen LogP) is 1.36. The molecule has 0 spiro atoms. The number of imidazole rings is 1. The minimum atomic E-state index is -1.01. The van der Waals surface area contributed by atoms with Gasteiger partial charge in [-0.15, -0.1) is 0 Å². The first kappa shape index (κ1) is 12.7. The number of rotatable bonds is 3. The third-order valence-corrected chi connectivity index (χ3v) is 3.63. The molecule has 104 valence electrons. The average Bonchev–Trinajstić information content (AvgIpc) is 3.08. The predicted molar refractivity (Wildman–Crippen MR) is 72.5 cm³/mol. The van der Waals surface area contributed by atoms with Crippen molar-refractivity contribution in [1.29, 1.82) is 0 Å². The molecule has 1 saturated heterocycles. The molecule has 1 N–H and O–H groups in total. The van der Waals surface area contributed by atoms with Gasteiger partial charge < -0.3 is 14.6 Å². The zero-order valence-electron chi connectivity index (χ0n) is 11.0. The molecule has 2 aromatic rings. The van der Waals surface area contributed by atoms with Crippen molar-refractivity contribution in [1.82, 2.24) is 14.5 Å². The zero-order valence-corrected chi connectivity index (χ0v) is 11.0. The van der Waals surface area contributed by atoms with Crippen LogP contribution in [0.15, 0.2) is 24.5 Å². The highest BCUT2D eigenvalue weighted by atomic mass is 16.4. The van der Waals surface area contributed by atoms with Crippen LogP contribution in [0, 0.1) is 0 Å². The van der Waals surface area contributed by atoms with E-state index in [0.29, 0.717) is 11.0 Å². The van der Waals surface area contributed by atoms with Crippen LogP contribution in [-0.4, -0.2) is 44.5 Å². The minimum absolute atomic E-state index is 0.0157. The van der Waals surface area contributed by atoms with Crippen molar-refractivity contribution in [2.45, 2.75) is 19.4 Å². The molecule has 0 saturated carbocycles. The van der Waals surface area contributed by atoms with Gasteiger partial charge in [0.25, 0.3) is 0 Å². The molecule has 1 fully saturated rings. The van der Waals surface area contributed by atoms with Crippen molar-refractivity contribution < 1.29 is 14.7 Å². The summed E-state index contributed by atoms with van der Waals surface area (Å²) in [6.07, 6.45) is 3.61. The van der Waals surface area contributed by atoms with Gasteiger partial charge in [-0.05, 0) is 25.0 Å². The number of likely N-dealkylation sites (tertiary alicyclic amines) is 1. The van der Waals surface area contributed by atoms with Gasteiger partial charge in [0.2, 0.25) is 5.91 Å². The Bertz CT molecular complexity index is 671. The molecule has 3 rings (SSSR count). The fourth-order valence-electron chi connectivity index (χ4n) is 2.63. The molecule has 1 aromatic heterocycles. The smallest absolute Gasteiger partial charge is 0.337 e. The molecule has 6 nitrogen and oxygen atoms in total. The Kier molecular flexibility index (Phi) is 3.14. The number of carbonyl (C=O) groups excluding carboxylic acids is 1. The minimum Gasteiger partial charge on any atom is -0.478 e. The summed E-state index contributed by atoms with van der Waals surface area (Å²) in [5.41, 5.74) is 1.28. The van der Waals surface area contributed by atoms with E-state index >= 15 is 0 Å². The van der Waals surface area contributed by atoms with Crippen molar-refractivity contribution in [3.8, 4) is 0 Å². The number of nitrogens with zero attached hydrogens (tertiary/aromatic N) is 3. The number of hydrogen-bond donors (Lipinski definition) is 1. The number of aromatic nitrogens is 2. The van der Waals surface area contributed by atoms with E-state index in [9.17, 15) is 14.7 Å². The van der Waals surface area contributed by atoms with Gasteiger partial charge in [-0.1, -0.05) is 6.07 Å². The summed E-state index contributed by atoms with van der Waals surface area (Å²) in [6.45, 7) is 1.72. The van der Waals surface area contributed by atoms with Gasteiger partial charge in [-0.25, -0.2) is 9.78 Å². The normalized spacial score (nSPS) is 14.9. The summed E-state index contributed by atoms with van der Waals surface area (Å²) in [5.74, 6) is -0.993. The van der Waals surface area contributed by atoms with Gasteiger partial charge in [0.15, 0.2) is 0 Å². The largest absolute Gasteiger partial charge is 0.478 e. The molecule has 6 heteroatoms. The quantitative estimate of drug-likeness (QED) is 0.916. The van der Waals surface area contributed by atoms with Crippen molar-refractivity contribution in [3.63, 3.8) is 0 Å². The summed E-state index contributed by atoms with van der Waals surface area (Å²) in [5, 5.41) is 9.23. The summed E-state index contributed by atoms with van der Waals surface area (Å²) < 4.78 is 1.62. The maximum Gasteiger partial charge on any atom is 0.337 e. The third-order valence-electron chi connectivity index (χ3n) is 3.63. The van der Waals surface area contributed by atoms with Crippen molar-refractivity contribution in [2.24, 2.45) is 0 Å². The number of carboxylic acids is 1. The Balaban J connectivity index is 1.95. The molecular weight excluding hydrogens is 258 g/mol. The van der Waals surface area contributed by atoms with Crippen LogP contribution < -0.4 is 0 Å². The van der Waals surface area contributed by atoms with Gasteiger partial charge in [-0.2, -0.15) is 0 Å². The number of para-hydroxylation sites is 1. The van der Waals surface area contributed by atoms with E-state index in [-0.39, 0.29) is 18.0 Å². The first-order chi connectivity index (χ1) is 9.66. The summed E-state index contributed by atoms with van der Waals surface area (Å²) in [7, 11) is 0. The lowest BCUT2D eigenvalue weighted by Gasteiger charge is -2.16. The Morgan fingerprint density at radius 1 is 1.25 bits per heavy atom. The van der Waals surface area contributed by atoms with Gasteiger partial charge in [-0.3, -0.25) is 4.79 Å². The Hall–Kier alpha value is -2.37. The third kappa shape index (κ3) is 2.13. The molecule has 1 amide bonds. The van der Waals surface area contributed by atoms with E-state index in [2.05, 4.69) is 4.98 Å². The van der Waals surface area contributed by atoms with E-state index in [1.807, 2.05) is 4.90 Å². The number of fused-ring (bicyclic) bond motifs is 1. The Morgan fingerprint density at radius 2 is 2.00 bits per heavy atom. The first-order valence-corrected chi connectivity index (χ1v) is 6.62. The second-order valence-electron chi connectivity index (χ2n) is 4.94. The van der Waals surface area contributed by atoms with Crippen LogP contribution in [0.4, 0.5) is 0 Å². The molecule has 0 radical (unpaired) electrons. The molecule has 1 aromatic carbocycles. The van der Waals surface area contributed by atoms with E-state index in [1.54, 1.807) is 16.7 Å². The van der Waals surface area contributed by atoms with E-state index < -0.39 is 5.97 Å². The molecule has 0 atom stereocenters. The number of aromatic carboxylic acids is 1. The molecule has 0 aliphatic carbocycles. The molecule has 1 aliphatic heterocycles. The van der Waals surface area contributed by atoms with Crippen LogP contribution in [0.25, 0.3) is 11.0 Å². The molecule has 2 heterocycles. The van der Waals surface area contributed by atoms with Crippen LogP contribution in [0.3, 0.4) is 0 Å². The fourth-order valence-corrected chi connectivity index (χ4v) is 2.63. The van der Waals surface area contributed by atoms with Crippen LogP contribution in [0.1, 0.15) is 23.2 Å². The van der Waals surface area contributed by atoms with E-state index in [4.69, 9.17) is 0 Å². The van der Waals surface area contributed by atoms with Crippen molar-refractivity contribution >= 4 is 22.9 Å². The number of carboxylic acid groups (broad SMARTS) is 1. The number of hydrogen-bond acceptors (Lipinski definition) is 3. The Labute approximate surface area is 115 Å². The summed E-state index contributed by atoms with van der Waals surface area (Å²) >= 11 is 0. The number of benzene rings is 1. The Morgan fingerprint density at radius 3 is 2.70 bits per heavy atom. The van der Waals surface area contributed by atoms with Gasteiger partial charge >= 0.3 is 5.97 Å². The maximum absolute atomic E-state index is 12.2. The number of carbonyl (C=O) groups is 2. The van der Waals surface area contributed by atoms with E-state index in [1.165, 1.54) is 12.4 Å². The van der Waals surface area contributed by atoms with Crippen LogP contribution in [-0.2, 0) is 11.3 Å². The number of amides is 1. The second kappa shape index (κ2) is 4.96. The van der Waals surface area contributed by atoms with Crippen LogP contribution in [0.2, 0.25) is 0 Å². The molecular formula is C14H15N3O3. The van der Waals surface area contributed by atoms with Crippen LogP contribution in [0.5, 0.6) is 0 Å². The van der Waals surface area contributed by atoms with Crippen molar-refractivity contribution in [2.75, 3.05) is 13.1 Å². The first-order valence-electron chi connectivity index (χ1n) is 6.62. The highest BCUT2D eigenvalue weighted by molar-refractivity contribution is 6.01. The average molecular weight is 273 g/mol. The maximum atomic E-state index is 12.2. The van der Waals surface area contributed by atoms with Gasteiger partial charge in [0.1, 0.15) is 6.54 Å². The highest BCUT2D eigenvalue weighted by Crippen LogP contribution is 2.19. The van der Waals surface area contributed by atoms with Gasteiger partial charge in [0, 0.05) is 13.1 Å². The molecule has 0 bridgehead atoms. The van der Waals surface area contributed by atoms with E-state index in [0.717, 1.165) is 25.9 Å². The standard InChI is InChI=1S/C14H15N3O3/c18-12(16-6-1-2-7-16)8-17-9-15-11-5-3-4-10(13(11)17)14(19)20/h3-5,9H,1-2,6-8H2,(H,19,20). The highest BCUT2D eigenvalue weighted by Gasteiger charge is 2.20. The lowest BCUT2D eigenvalue weighted by molar-refractivity contribution is -0.130.